The van der Waals surface area contributed by atoms with Crippen molar-refractivity contribution in [3.8, 4) is 0 Å². The van der Waals surface area contributed by atoms with Crippen molar-refractivity contribution in [3.63, 3.8) is 0 Å². The average Bonchev–Trinajstić information content (AvgIpc) is 2.75. The fourth-order valence-electron chi connectivity index (χ4n) is 2.75. The van der Waals surface area contributed by atoms with Crippen molar-refractivity contribution >= 4 is 23.4 Å². The molecule has 4 amide bonds. The molecule has 4 N–H and O–H groups in total. The van der Waals surface area contributed by atoms with Gasteiger partial charge in [-0.2, -0.15) is 0 Å². The molecule has 0 heterocycles. The molecule has 3 rings (SSSR count). The molecule has 0 saturated heterocycles. The maximum Gasteiger partial charge on any atom is 0.319 e. The zero-order valence-corrected chi connectivity index (χ0v) is 16.8. The molecule has 0 aliphatic carbocycles. The zero-order chi connectivity index (χ0) is 22.2. The van der Waals surface area contributed by atoms with Crippen LogP contribution in [0.1, 0.15) is 16.7 Å². The minimum Gasteiger partial charge on any atom is -0.334 e. The highest BCUT2D eigenvalue weighted by Crippen LogP contribution is 2.20. The smallest absolute Gasteiger partial charge is 0.319 e. The summed E-state index contributed by atoms with van der Waals surface area (Å²) in [4.78, 5) is 24.3. The van der Waals surface area contributed by atoms with E-state index in [9.17, 15) is 18.4 Å². The number of benzene rings is 3. The maximum atomic E-state index is 12.9. The van der Waals surface area contributed by atoms with Crippen LogP contribution in [0.2, 0.25) is 0 Å². The Bertz CT molecular complexity index is 1050. The number of urea groups is 2. The normalized spacial score (nSPS) is 10.3. The summed E-state index contributed by atoms with van der Waals surface area (Å²) in [5.41, 5.74) is 3.38. The van der Waals surface area contributed by atoms with Crippen LogP contribution in [0.25, 0.3) is 0 Å². The molecule has 0 aliphatic rings. The van der Waals surface area contributed by atoms with E-state index in [1.807, 2.05) is 6.92 Å². The van der Waals surface area contributed by atoms with Gasteiger partial charge < -0.3 is 21.3 Å². The van der Waals surface area contributed by atoms with Gasteiger partial charge in [0.15, 0.2) is 0 Å². The Morgan fingerprint density at radius 2 is 1.19 bits per heavy atom. The second-order valence-electron chi connectivity index (χ2n) is 6.90. The van der Waals surface area contributed by atoms with Crippen LogP contribution in [0, 0.1) is 18.6 Å². The van der Waals surface area contributed by atoms with Crippen LogP contribution in [-0.2, 0) is 13.1 Å². The van der Waals surface area contributed by atoms with Gasteiger partial charge in [-0.25, -0.2) is 18.4 Å². The number of hydrogen-bond donors (Lipinski definition) is 4. The molecule has 0 aromatic heterocycles. The number of aryl methyl sites for hydroxylation is 1. The predicted octanol–water partition coefficient (Wildman–Crippen LogP) is 4.92. The molecule has 160 valence electrons. The van der Waals surface area contributed by atoms with Crippen LogP contribution in [-0.4, -0.2) is 12.1 Å². The van der Waals surface area contributed by atoms with Crippen molar-refractivity contribution in [3.05, 3.63) is 95.1 Å². The molecule has 8 heteroatoms. The van der Waals surface area contributed by atoms with E-state index >= 15 is 0 Å². The average molecular weight is 424 g/mol. The molecular weight excluding hydrogens is 402 g/mol. The third-order valence-electron chi connectivity index (χ3n) is 4.48. The minimum atomic E-state index is -0.431. The van der Waals surface area contributed by atoms with Crippen LogP contribution in [0.3, 0.4) is 0 Å². The number of carbonyl (C=O) groups excluding carboxylic acids is 2. The Balaban J connectivity index is 1.52. The number of amides is 4. The number of anilines is 2. The third-order valence-corrected chi connectivity index (χ3v) is 4.48. The fourth-order valence-corrected chi connectivity index (χ4v) is 2.75. The Hall–Kier alpha value is -3.94. The van der Waals surface area contributed by atoms with Gasteiger partial charge in [0.1, 0.15) is 11.6 Å². The third kappa shape index (κ3) is 6.81. The molecule has 31 heavy (non-hydrogen) atoms. The molecule has 0 aliphatic heterocycles. The molecule has 6 nitrogen and oxygen atoms in total. The minimum absolute atomic E-state index is 0.245. The van der Waals surface area contributed by atoms with Gasteiger partial charge in [-0.1, -0.05) is 30.3 Å². The first-order valence-corrected chi connectivity index (χ1v) is 9.58. The van der Waals surface area contributed by atoms with Crippen LogP contribution in [0.5, 0.6) is 0 Å². The van der Waals surface area contributed by atoms with Gasteiger partial charge in [-0.3, -0.25) is 0 Å². The molecule has 3 aromatic rings. The molecule has 0 saturated carbocycles. The Morgan fingerprint density at radius 1 is 0.710 bits per heavy atom. The lowest BCUT2D eigenvalue weighted by Gasteiger charge is -2.13. The molecule has 0 unspecified atom stereocenters. The maximum absolute atomic E-state index is 12.9. The van der Waals surface area contributed by atoms with Gasteiger partial charge in [0.05, 0.1) is 0 Å². The number of carbonyl (C=O) groups is 2. The van der Waals surface area contributed by atoms with Gasteiger partial charge in [0, 0.05) is 24.5 Å². The first kappa shape index (κ1) is 21.8. The van der Waals surface area contributed by atoms with Crippen molar-refractivity contribution in [2.45, 2.75) is 20.0 Å². The standard InChI is InChI=1S/C23H22F2N4O2/c1-15-2-11-20(28-22(30)26-13-16-3-7-18(24)8-4-16)12-21(15)29-23(31)27-14-17-5-9-19(25)10-6-17/h2-12H,13-14H2,1H3,(H2,26,28,30)(H2,27,29,31). The SMILES string of the molecule is Cc1ccc(NC(=O)NCc2ccc(F)cc2)cc1NC(=O)NCc1ccc(F)cc1. The van der Waals surface area contributed by atoms with Crippen LogP contribution >= 0.6 is 0 Å². The molecule has 3 aromatic carbocycles. The zero-order valence-electron chi connectivity index (χ0n) is 16.8. The Labute approximate surface area is 178 Å². The number of nitrogens with one attached hydrogen (secondary N) is 4. The summed E-state index contributed by atoms with van der Waals surface area (Å²) in [7, 11) is 0. The predicted molar refractivity (Wildman–Crippen MR) is 116 cm³/mol. The van der Waals surface area contributed by atoms with E-state index in [1.54, 1.807) is 42.5 Å². The summed E-state index contributed by atoms with van der Waals surface area (Å²) >= 11 is 0. The van der Waals surface area contributed by atoms with E-state index in [0.717, 1.165) is 16.7 Å². The van der Waals surface area contributed by atoms with E-state index in [2.05, 4.69) is 21.3 Å². The highest BCUT2D eigenvalue weighted by Gasteiger charge is 2.08. The van der Waals surface area contributed by atoms with E-state index in [4.69, 9.17) is 0 Å². The molecular formula is C23H22F2N4O2. The van der Waals surface area contributed by atoms with Gasteiger partial charge in [-0.05, 0) is 60.0 Å². The second kappa shape index (κ2) is 10.2. The summed E-state index contributed by atoms with van der Waals surface area (Å²) in [5, 5.41) is 10.8. The van der Waals surface area contributed by atoms with E-state index < -0.39 is 12.1 Å². The summed E-state index contributed by atoms with van der Waals surface area (Å²) in [6.45, 7) is 2.32. The lowest BCUT2D eigenvalue weighted by atomic mass is 10.2. The monoisotopic (exact) mass is 424 g/mol. The molecule has 0 spiro atoms. The first-order chi connectivity index (χ1) is 14.9. The first-order valence-electron chi connectivity index (χ1n) is 9.58. The molecule has 0 fully saturated rings. The summed E-state index contributed by atoms with van der Waals surface area (Å²) in [6.07, 6.45) is 0. The summed E-state index contributed by atoms with van der Waals surface area (Å²) < 4.78 is 25.9. The van der Waals surface area contributed by atoms with Gasteiger partial charge in [0.25, 0.3) is 0 Å². The molecule has 0 bridgehead atoms. The van der Waals surface area contributed by atoms with E-state index in [1.165, 1.54) is 24.3 Å². The van der Waals surface area contributed by atoms with Crippen molar-refractivity contribution < 1.29 is 18.4 Å². The Morgan fingerprint density at radius 3 is 1.71 bits per heavy atom. The van der Waals surface area contributed by atoms with Gasteiger partial charge in [0.2, 0.25) is 0 Å². The fraction of sp³-hybridized carbons (Fsp3) is 0.130. The number of halogens is 2. The second-order valence-corrected chi connectivity index (χ2v) is 6.90. The largest absolute Gasteiger partial charge is 0.334 e. The highest BCUT2D eigenvalue weighted by molar-refractivity contribution is 5.93. The van der Waals surface area contributed by atoms with Crippen LogP contribution in [0.4, 0.5) is 29.7 Å². The topological polar surface area (TPSA) is 82.3 Å². The van der Waals surface area contributed by atoms with Gasteiger partial charge >= 0.3 is 12.1 Å². The van der Waals surface area contributed by atoms with Crippen molar-refractivity contribution in [2.24, 2.45) is 0 Å². The van der Waals surface area contributed by atoms with Crippen LogP contribution < -0.4 is 21.3 Å². The van der Waals surface area contributed by atoms with E-state index in [-0.39, 0.29) is 24.7 Å². The lowest BCUT2D eigenvalue weighted by Crippen LogP contribution is -2.29. The quantitative estimate of drug-likeness (QED) is 0.453. The Kier molecular flexibility index (Phi) is 7.16. The summed E-state index contributed by atoms with van der Waals surface area (Å²) in [5.74, 6) is -0.676. The lowest BCUT2D eigenvalue weighted by molar-refractivity contribution is 0.251. The molecule has 0 atom stereocenters. The highest BCUT2D eigenvalue weighted by atomic mass is 19.1. The summed E-state index contributed by atoms with van der Waals surface area (Å²) in [6, 6.07) is 16.0. The number of rotatable bonds is 6. The van der Waals surface area contributed by atoms with E-state index in [0.29, 0.717) is 11.4 Å². The molecule has 0 radical (unpaired) electrons. The van der Waals surface area contributed by atoms with Crippen molar-refractivity contribution in [2.75, 3.05) is 10.6 Å². The van der Waals surface area contributed by atoms with Crippen molar-refractivity contribution in [1.29, 1.82) is 0 Å². The van der Waals surface area contributed by atoms with Gasteiger partial charge in [-0.15, -0.1) is 0 Å². The van der Waals surface area contributed by atoms with Crippen molar-refractivity contribution in [1.82, 2.24) is 10.6 Å². The van der Waals surface area contributed by atoms with Crippen LogP contribution in [0.15, 0.2) is 66.7 Å². The number of hydrogen-bond acceptors (Lipinski definition) is 2.